The molecule has 0 aliphatic heterocycles. The van der Waals surface area contributed by atoms with E-state index in [4.69, 9.17) is 10.00 Å². The maximum Gasteiger partial charge on any atom is 0.315 e. The van der Waals surface area contributed by atoms with Crippen LogP contribution in [0.5, 0.6) is 0 Å². The van der Waals surface area contributed by atoms with E-state index in [9.17, 15) is 14.7 Å². The predicted octanol–water partition coefficient (Wildman–Crippen LogP) is 1.49. The number of nitriles is 1. The Morgan fingerprint density at radius 1 is 1.44 bits per heavy atom. The molecule has 1 amide bonds. The predicted molar refractivity (Wildman–Crippen MR) is 90.4 cm³/mol. The van der Waals surface area contributed by atoms with Crippen molar-refractivity contribution >= 4 is 17.6 Å². The van der Waals surface area contributed by atoms with Crippen LogP contribution in [0.2, 0.25) is 0 Å². The monoisotopic (exact) mass is 343 g/mol. The SMILES string of the molecule is COC(=O)[C@@H]1/C(=N\NC(=O)CC#N)C[C@@](C)(O)C[C@H]1c1ccccc1. The quantitative estimate of drug-likeness (QED) is 0.635. The summed E-state index contributed by atoms with van der Waals surface area (Å²) in [6.07, 6.45) is 0.156. The van der Waals surface area contributed by atoms with Crippen LogP contribution in [-0.4, -0.2) is 35.4 Å². The number of nitrogens with one attached hydrogen (secondary N) is 1. The molecular weight excluding hydrogens is 322 g/mol. The molecule has 1 aromatic carbocycles. The minimum absolute atomic E-state index is 0.128. The molecule has 0 heterocycles. The van der Waals surface area contributed by atoms with E-state index in [0.717, 1.165) is 5.56 Å². The number of hydrogen-bond acceptors (Lipinski definition) is 6. The number of hydrazone groups is 1. The summed E-state index contributed by atoms with van der Waals surface area (Å²) >= 11 is 0. The molecule has 2 rings (SSSR count). The van der Waals surface area contributed by atoms with Crippen molar-refractivity contribution < 1.29 is 19.4 Å². The van der Waals surface area contributed by atoms with Crippen LogP contribution >= 0.6 is 0 Å². The van der Waals surface area contributed by atoms with Gasteiger partial charge in [0.15, 0.2) is 0 Å². The maximum atomic E-state index is 12.4. The highest BCUT2D eigenvalue weighted by atomic mass is 16.5. The Balaban J connectivity index is 2.41. The molecule has 0 aromatic heterocycles. The molecule has 7 nitrogen and oxygen atoms in total. The Morgan fingerprint density at radius 2 is 2.12 bits per heavy atom. The molecule has 1 aromatic rings. The van der Waals surface area contributed by atoms with Crippen molar-refractivity contribution in [3.05, 3.63) is 35.9 Å². The van der Waals surface area contributed by atoms with Gasteiger partial charge in [-0.1, -0.05) is 30.3 Å². The lowest BCUT2D eigenvalue weighted by molar-refractivity contribution is -0.144. The van der Waals surface area contributed by atoms with Crippen LogP contribution in [0.15, 0.2) is 35.4 Å². The second-order valence-corrected chi connectivity index (χ2v) is 6.37. The lowest BCUT2D eigenvalue weighted by atomic mass is 9.68. The summed E-state index contributed by atoms with van der Waals surface area (Å²) in [6, 6.07) is 11.1. The average Bonchev–Trinajstić information content (AvgIpc) is 2.59. The van der Waals surface area contributed by atoms with Crippen LogP contribution in [0, 0.1) is 17.2 Å². The largest absolute Gasteiger partial charge is 0.468 e. The number of ether oxygens (including phenoxy) is 1. The number of carbonyl (C=O) groups excluding carboxylic acids is 2. The third-order valence-electron chi connectivity index (χ3n) is 4.23. The number of methoxy groups -OCH3 is 1. The van der Waals surface area contributed by atoms with Crippen molar-refractivity contribution in [2.45, 2.75) is 37.7 Å². The van der Waals surface area contributed by atoms with Crippen molar-refractivity contribution in [1.29, 1.82) is 5.26 Å². The van der Waals surface area contributed by atoms with Gasteiger partial charge < -0.3 is 9.84 Å². The summed E-state index contributed by atoms with van der Waals surface area (Å²) in [5.74, 6) is -2.09. The highest BCUT2D eigenvalue weighted by Crippen LogP contribution is 2.41. The van der Waals surface area contributed by atoms with Crippen molar-refractivity contribution in [2.75, 3.05) is 7.11 Å². The normalized spacial score (nSPS) is 27.4. The van der Waals surface area contributed by atoms with Crippen LogP contribution in [0.3, 0.4) is 0 Å². The molecule has 3 atom stereocenters. The van der Waals surface area contributed by atoms with E-state index in [0.29, 0.717) is 12.1 Å². The Bertz CT molecular complexity index is 707. The molecule has 25 heavy (non-hydrogen) atoms. The number of rotatable bonds is 4. The lowest BCUT2D eigenvalue weighted by Gasteiger charge is -2.39. The number of carbonyl (C=O) groups is 2. The number of nitrogens with zero attached hydrogens (tertiary/aromatic N) is 2. The van der Waals surface area contributed by atoms with Gasteiger partial charge in [-0.3, -0.25) is 9.59 Å². The van der Waals surface area contributed by atoms with Crippen LogP contribution in [0.1, 0.15) is 37.7 Å². The van der Waals surface area contributed by atoms with Crippen molar-refractivity contribution in [1.82, 2.24) is 5.43 Å². The molecule has 2 N–H and O–H groups in total. The summed E-state index contributed by atoms with van der Waals surface area (Å²) in [6.45, 7) is 1.67. The molecule has 0 bridgehead atoms. The Labute approximate surface area is 146 Å². The third-order valence-corrected chi connectivity index (χ3v) is 4.23. The minimum atomic E-state index is -1.08. The van der Waals surface area contributed by atoms with E-state index in [2.05, 4.69) is 10.5 Å². The van der Waals surface area contributed by atoms with Crippen molar-refractivity contribution in [2.24, 2.45) is 11.0 Å². The first-order valence-corrected chi connectivity index (χ1v) is 7.95. The smallest absolute Gasteiger partial charge is 0.315 e. The molecule has 132 valence electrons. The van der Waals surface area contributed by atoms with E-state index in [-0.39, 0.29) is 18.8 Å². The van der Waals surface area contributed by atoms with Gasteiger partial charge in [0.2, 0.25) is 0 Å². The van der Waals surface area contributed by atoms with E-state index in [1.807, 2.05) is 30.3 Å². The number of benzene rings is 1. The number of hydrogen-bond donors (Lipinski definition) is 2. The maximum absolute atomic E-state index is 12.4. The van der Waals surface area contributed by atoms with Gasteiger partial charge in [-0.2, -0.15) is 10.4 Å². The Kier molecular flexibility index (Phi) is 5.88. The molecule has 7 heteroatoms. The first kappa shape index (κ1) is 18.6. The molecule has 1 fully saturated rings. The first-order chi connectivity index (χ1) is 11.9. The van der Waals surface area contributed by atoms with Gasteiger partial charge in [0.05, 0.1) is 24.5 Å². The van der Waals surface area contributed by atoms with Gasteiger partial charge in [-0.05, 0) is 18.9 Å². The highest BCUT2D eigenvalue weighted by Gasteiger charge is 2.45. The van der Waals surface area contributed by atoms with E-state index < -0.39 is 23.4 Å². The van der Waals surface area contributed by atoms with Gasteiger partial charge in [-0.25, -0.2) is 5.43 Å². The van der Waals surface area contributed by atoms with E-state index in [1.54, 1.807) is 13.0 Å². The molecule has 0 unspecified atom stereocenters. The van der Waals surface area contributed by atoms with Gasteiger partial charge in [0.25, 0.3) is 5.91 Å². The summed E-state index contributed by atoms with van der Waals surface area (Å²) in [5.41, 5.74) is 2.42. The number of aliphatic hydroxyl groups is 1. The van der Waals surface area contributed by atoms with Gasteiger partial charge in [0.1, 0.15) is 12.3 Å². The Morgan fingerprint density at radius 3 is 2.72 bits per heavy atom. The second kappa shape index (κ2) is 7.90. The molecule has 1 aliphatic rings. The zero-order valence-corrected chi connectivity index (χ0v) is 14.2. The van der Waals surface area contributed by atoms with Gasteiger partial charge in [0, 0.05) is 12.3 Å². The minimum Gasteiger partial charge on any atom is -0.468 e. The highest BCUT2D eigenvalue weighted by molar-refractivity contribution is 6.04. The van der Waals surface area contributed by atoms with Crippen molar-refractivity contribution in [3.63, 3.8) is 0 Å². The van der Waals surface area contributed by atoms with Crippen molar-refractivity contribution in [3.8, 4) is 6.07 Å². The van der Waals surface area contributed by atoms with Crippen LogP contribution in [-0.2, 0) is 14.3 Å². The summed E-state index contributed by atoms with van der Waals surface area (Å²) < 4.78 is 4.93. The third kappa shape index (κ3) is 4.64. The summed E-state index contributed by atoms with van der Waals surface area (Å²) in [4.78, 5) is 23.9. The van der Waals surface area contributed by atoms with E-state index >= 15 is 0 Å². The molecule has 1 saturated carbocycles. The van der Waals surface area contributed by atoms with Crippen LogP contribution in [0.4, 0.5) is 0 Å². The molecule has 0 saturated heterocycles. The fourth-order valence-electron chi connectivity index (χ4n) is 3.19. The topological polar surface area (TPSA) is 112 Å². The average molecular weight is 343 g/mol. The summed E-state index contributed by atoms with van der Waals surface area (Å²) in [5, 5.41) is 23.2. The number of esters is 1. The Hall–Kier alpha value is -2.72. The van der Waals surface area contributed by atoms with Gasteiger partial charge >= 0.3 is 5.97 Å². The zero-order valence-electron chi connectivity index (χ0n) is 14.2. The van der Waals surface area contributed by atoms with E-state index in [1.165, 1.54) is 7.11 Å². The fourth-order valence-corrected chi connectivity index (χ4v) is 3.19. The van der Waals surface area contributed by atoms with Gasteiger partial charge in [-0.15, -0.1) is 0 Å². The van der Waals surface area contributed by atoms with Crippen LogP contribution in [0.25, 0.3) is 0 Å². The standard InChI is InChI=1S/C18H21N3O4/c1-18(24)10-13(12-6-4-3-5-7-12)16(17(23)25-2)14(11-18)20-21-15(22)8-9-19/h3-7,13,16,24H,8,10-11H2,1-2H3,(H,21,22)/b20-14-/t13-,16-,18-/m0/s1. The first-order valence-electron chi connectivity index (χ1n) is 7.95. The molecular formula is C18H21N3O4. The molecule has 0 spiro atoms. The van der Waals surface area contributed by atoms with Crippen LogP contribution < -0.4 is 5.43 Å². The number of amides is 1. The fraction of sp³-hybridized carbons (Fsp3) is 0.444. The molecule has 0 radical (unpaired) electrons. The lowest BCUT2D eigenvalue weighted by Crippen LogP contribution is -2.46. The molecule has 1 aliphatic carbocycles. The summed E-state index contributed by atoms with van der Waals surface area (Å²) in [7, 11) is 1.29. The zero-order chi connectivity index (χ0) is 18.4. The second-order valence-electron chi connectivity index (χ2n) is 6.37.